The fourth-order valence-electron chi connectivity index (χ4n) is 3.05. The molecule has 5 nitrogen and oxygen atoms in total. The van der Waals surface area contributed by atoms with Crippen LogP contribution < -0.4 is 5.73 Å². The minimum Gasteiger partial charge on any atom is -0.409 e. The Kier molecular flexibility index (Phi) is 3.65. The Bertz CT molecular complexity index is 523. The molecule has 1 aromatic heterocycles. The molecule has 3 N–H and O–H groups in total. The Balaban J connectivity index is 1.64. The molecule has 0 spiro atoms. The molecule has 1 aliphatic heterocycles. The van der Waals surface area contributed by atoms with Gasteiger partial charge in [-0.2, -0.15) is 0 Å². The molecule has 20 heavy (non-hydrogen) atoms. The van der Waals surface area contributed by atoms with Gasteiger partial charge in [-0.05, 0) is 43.7 Å². The molecular weight excluding hydrogens is 274 g/mol. The van der Waals surface area contributed by atoms with Gasteiger partial charge in [-0.1, -0.05) is 5.16 Å². The first-order valence-electron chi connectivity index (χ1n) is 7.07. The normalized spacial score (nSPS) is 20.2. The number of likely N-dealkylation sites (tertiary alicyclic amines) is 1. The molecule has 1 aromatic rings. The SMILES string of the molecule is NC(=NO)C1CCN(C(=O)c2cc3c(s2)CCC3)CC1. The highest BCUT2D eigenvalue weighted by atomic mass is 32.1. The molecular formula is C14H19N3O2S. The third kappa shape index (κ3) is 2.40. The van der Waals surface area contributed by atoms with Crippen LogP contribution in [0.5, 0.6) is 0 Å². The van der Waals surface area contributed by atoms with E-state index in [0.29, 0.717) is 13.1 Å². The first kappa shape index (κ1) is 13.4. The molecule has 108 valence electrons. The van der Waals surface area contributed by atoms with E-state index in [2.05, 4.69) is 11.2 Å². The van der Waals surface area contributed by atoms with E-state index in [9.17, 15) is 4.79 Å². The van der Waals surface area contributed by atoms with E-state index in [1.54, 1.807) is 11.3 Å². The topological polar surface area (TPSA) is 78.9 Å². The number of aryl methyl sites for hydroxylation is 2. The summed E-state index contributed by atoms with van der Waals surface area (Å²) in [5.41, 5.74) is 6.99. The van der Waals surface area contributed by atoms with Gasteiger partial charge in [-0.3, -0.25) is 4.79 Å². The van der Waals surface area contributed by atoms with E-state index in [-0.39, 0.29) is 17.7 Å². The standard InChI is InChI=1S/C14H19N3O2S/c15-13(16-19)9-4-6-17(7-5-9)14(18)12-8-10-2-1-3-11(10)20-12/h8-9,19H,1-7H2,(H2,15,16). The molecule has 0 aromatic carbocycles. The molecule has 1 fully saturated rings. The van der Waals surface area contributed by atoms with Crippen molar-refractivity contribution in [2.24, 2.45) is 16.8 Å². The molecule has 0 saturated carbocycles. The zero-order valence-corrected chi connectivity index (χ0v) is 12.2. The minimum atomic E-state index is 0.0948. The van der Waals surface area contributed by atoms with Crippen molar-refractivity contribution in [2.75, 3.05) is 13.1 Å². The van der Waals surface area contributed by atoms with Crippen LogP contribution in [0, 0.1) is 5.92 Å². The Morgan fingerprint density at radius 1 is 1.40 bits per heavy atom. The quantitative estimate of drug-likeness (QED) is 0.378. The molecule has 2 heterocycles. The number of nitrogens with two attached hydrogens (primary N) is 1. The smallest absolute Gasteiger partial charge is 0.263 e. The second kappa shape index (κ2) is 5.44. The molecule has 6 heteroatoms. The number of nitrogens with zero attached hydrogens (tertiary/aromatic N) is 2. The lowest BCUT2D eigenvalue weighted by Gasteiger charge is -2.31. The fourth-order valence-corrected chi connectivity index (χ4v) is 4.27. The van der Waals surface area contributed by atoms with Crippen LogP contribution in [0.2, 0.25) is 0 Å². The summed E-state index contributed by atoms with van der Waals surface area (Å²) >= 11 is 1.66. The summed E-state index contributed by atoms with van der Waals surface area (Å²) in [5.74, 6) is 0.520. The Morgan fingerprint density at radius 2 is 2.15 bits per heavy atom. The van der Waals surface area contributed by atoms with E-state index in [1.807, 2.05) is 4.90 Å². The highest BCUT2D eigenvalue weighted by Crippen LogP contribution is 2.32. The third-order valence-electron chi connectivity index (χ3n) is 4.27. The molecule has 0 bridgehead atoms. The molecule has 0 radical (unpaired) electrons. The summed E-state index contributed by atoms with van der Waals surface area (Å²) in [4.78, 5) is 16.6. The predicted octanol–water partition coefficient (Wildman–Crippen LogP) is 1.84. The Morgan fingerprint density at radius 3 is 2.80 bits per heavy atom. The van der Waals surface area contributed by atoms with Gasteiger partial charge < -0.3 is 15.8 Å². The Hall–Kier alpha value is -1.56. The van der Waals surface area contributed by atoms with Gasteiger partial charge in [0.1, 0.15) is 5.84 Å². The van der Waals surface area contributed by atoms with Crippen LogP contribution in [-0.2, 0) is 12.8 Å². The molecule has 1 aliphatic carbocycles. The van der Waals surface area contributed by atoms with Gasteiger partial charge >= 0.3 is 0 Å². The van der Waals surface area contributed by atoms with Crippen molar-refractivity contribution < 1.29 is 10.0 Å². The number of piperidine rings is 1. The number of hydrogen-bond acceptors (Lipinski definition) is 4. The van der Waals surface area contributed by atoms with Crippen molar-refractivity contribution in [2.45, 2.75) is 32.1 Å². The molecule has 2 aliphatic rings. The summed E-state index contributed by atoms with van der Waals surface area (Å²) < 4.78 is 0. The molecule has 0 atom stereocenters. The average molecular weight is 293 g/mol. The number of carbonyl (C=O) groups excluding carboxylic acids is 1. The maximum atomic E-state index is 12.5. The Labute approximate surface area is 122 Å². The second-order valence-electron chi connectivity index (χ2n) is 5.50. The van der Waals surface area contributed by atoms with Gasteiger partial charge in [0.05, 0.1) is 4.88 Å². The molecule has 3 rings (SSSR count). The number of thiophene rings is 1. The maximum absolute atomic E-state index is 12.5. The van der Waals surface area contributed by atoms with Gasteiger partial charge in [0.25, 0.3) is 5.91 Å². The first-order valence-corrected chi connectivity index (χ1v) is 7.89. The van der Waals surface area contributed by atoms with Crippen LogP contribution in [0.1, 0.15) is 39.4 Å². The number of amidine groups is 1. The third-order valence-corrected chi connectivity index (χ3v) is 5.50. The maximum Gasteiger partial charge on any atom is 0.263 e. The van der Waals surface area contributed by atoms with Crippen molar-refractivity contribution in [1.82, 2.24) is 4.90 Å². The van der Waals surface area contributed by atoms with Gasteiger partial charge in [0, 0.05) is 23.9 Å². The van der Waals surface area contributed by atoms with Crippen LogP contribution in [0.3, 0.4) is 0 Å². The van der Waals surface area contributed by atoms with Gasteiger partial charge in [0.2, 0.25) is 0 Å². The first-order chi connectivity index (χ1) is 9.69. The van der Waals surface area contributed by atoms with Gasteiger partial charge in [-0.25, -0.2) is 0 Å². The van der Waals surface area contributed by atoms with E-state index in [0.717, 1.165) is 30.6 Å². The van der Waals surface area contributed by atoms with E-state index < -0.39 is 0 Å². The predicted molar refractivity (Wildman–Crippen MR) is 78.4 cm³/mol. The monoisotopic (exact) mass is 293 g/mol. The molecule has 1 amide bonds. The highest BCUT2D eigenvalue weighted by molar-refractivity contribution is 7.14. The number of rotatable bonds is 2. The second-order valence-corrected chi connectivity index (χ2v) is 6.64. The average Bonchev–Trinajstić information content (AvgIpc) is 3.07. The summed E-state index contributed by atoms with van der Waals surface area (Å²) in [6, 6.07) is 2.07. The zero-order valence-electron chi connectivity index (χ0n) is 11.3. The van der Waals surface area contributed by atoms with E-state index >= 15 is 0 Å². The van der Waals surface area contributed by atoms with E-state index in [1.165, 1.54) is 16.9 Å². The highest BCUT2D eigenvalue weighted by Gasteiger charge is 2.27. The van der Waals surface area contributed by atoms with Crippen LogP contribution in [0.15, 0.2) is 11.2 Å². The van der Waals surface area contributed by atoms with Crippen molar-refractivity contribution in [3.05, 3.63) is 21.4 Å². The van der Waals surface area contributed by atoms with Crippen LogP contribution in [-0.4, -0.2) is 34.9 Å². The number of oxime groups is 1. The fraction of sp³-hybridized carbons (Fsp3) is 0.571. The number of carbonyl (C=O) groups is 1. The minimum absolute atomic E-state index is 0.0948. The zero-order chi connectivity index (χ0) is 14.1. The van der Waals surface area contributed by atoms with Crippen molar-refractivity contribution in [3.63, 3.8) is 0 Å². The van der Waals surface area contributed by atoms with Gasteiger partial charge in [0.15, 0.2) is 0 Å². The van der Waals surface area contributed by atoms with Crippen molar-refractivity contribution >= 4 is 23.1 Å². The number of amides is 1. The van der Waals surface area contributed by atoms with Crippen molar-refractivity contribution in [1.29, 1.82) is 0 Å². The van der Waals surface area contributed by atoms with Crippen LogP contribution >= 0.6 is 11.3 Å². The number of hydrogen-bond donors (Lipinski definition) is 2. The van der Waals surface area contributed by atoms with Crippen molar-refractivity contribution in [3.8, 4) is 0 Å². The van der Waals surface area contributed by atoms with E-state index in [4.69, 9.17) is 10.9 Å². The number of fused-ring (bicyclic) bond motifs is 1. The lowest BCUT2D eigenvalue weighted by atomic mass is 9.96. The molecule has 0 unspecified atom stereocenters. The van der Waals surface area contributed by atoms with Crippen LogP contribution in [0.4, 0.5) is 0 Å². The summed E-state index contributed by atoms with van der Waals surface area (Å²) in [5, 5.41) is 11.8. The lowest BCUT2D eigenvalue weighted by Crippen LogP contribution is -2.41. The van der Waals surface area contributed by atoms with Gasteiger partial charge in [-0.15, -0.1) is 11.3 Å². The van der Waals surface area contributed by atoms with Crippen LogP contribution in [0.25, 0.3) is 0 Å². The lowest BCUT2D eigenvalue weighted by molar-refractivity contribution is 0.0714. The summed E-state index contributed by atoms with van der Waals surface area (Å²) in [6.07, 6.45) is 5.00. The summed E-state index contributed by atoms with van der Waals surface area (Å²) in [6.45, 7) is 1.37. The molecule has 1 saturated heterocycles. The summed E-state index contributed by atoms with van der Waals surface area (Å²) in [7, 11) is 0. The largest absolute Gasteiger partial charge is 0.409 e.